The minimum atomic E-state index is 0.748. The number of nitrogens with zero attached hydrogens (tertiary/aromatic N) is 1. The summed E-state index contributed by atoms with van der Waals surface area (Å²) in [5.41, 5.74) is 2.57. The van der Waals surface area contributed by atoms with Gasteiger partial charge in [0.15, 0.2) is 0 Å². The number of hydrogen-bond donors (Lipinski definition) is 1. The lowest BCUT2D eigenvalue weighted by Crippen LogP contribution is -2.31. The van der Waals surface area contributed by atoms with Crippen LogP contribution in [0.1, 0.15) is 44.6 Å². The first-order valence-electron chi connectivity index (χ1n) is 8.44. The molecule has 21 heavy (non-hydrogen) atoms. The van der Waals surface area contributed by atoms with E-state index in [1.807, 2.05) is 6.20 Å². The van der Waals surface area contributed by atoms with Crippen LogP contribution in [0.25, 0.3) is 10.9 Å². The van der Waals surface area contributed by atoms with Gasteiger partial charge < -0.3 is 5.32 Å². The Morgan fingerprint density at radius 3 is 2.90 bits per heavy atom. The Bertz CT molecular complexity index is 569. The quantitative estimate of drug-likeness (QED) is 0.779. The highest BCUT2D eigenvalue weighted by Crippen LogP contribution is 2.34. The van der Waals surface area contributed by atoms with E-state index in [0.29, 0.717) is 0 Å². The van der Waals surface area contributed by atoms with E-state index < -0.39 is 0 Å². The third-order valence-electron chi connectivity index (χ3n) is 4.55. The third-order valence-corrected chi connectivity index (χ3v) is 4.55. The van der Waals surface area contributed by atoms with Crippen molar-refractivity contribution in [1.29, 1.82) is 0 Å². The number of fused-ring (bicyclic) bond motifs is 1. The molecule has 1 unspecified atom stereocenters. The topological polar surface area (TPSA) is 24.9 Å². The number of aromatic nitrogens is 1. The highest BCUT2D eigenvalue weighted by molar-refractivity contribution is 5.81. The van der Waals surface area contributed by atoms with E-state index in [2.05, 4.69) is 47.6 Å². The van der Waals surface area contributed by atoms with E-state index in [0.717, 1.165) is 17.5 Å². The van der Waals surface area contributed by atoms with Crippen molar-refractivity contribution in [2.75, 3.05) is 6.54 Å². The fourth-order valence-electron chi connectivity index (χ4n) is 3.22. The van der Waals surface area contributed by atoms with Crippen LogP contribution >= 0.6 is 0 Å². The SMILES string of the molecule is CCCNC(CCCc1ccnc2ccccc12)C1CC1. The first-order chi connectivity index (χ1) is 10.4. The Morgan fingerprint density at radius 2 is 2.10 bits per heavy atom. The Balaban J connectivity index is 1.58. The molecular weight excluding hydrogens is 256 g/mol. The van der Waals surface area contributed by atoms with E-state index in [-0.39, 0.29) is 0 Å². The number of benzene rings is 1. The average molecular weight is 282 g/mol. The molecule has 1 aliphatic rings. The molecule has 2 heteroatoms. The minimum absolute atomic E-state index is 0.748. The zero-order chi connectivity index (χ0) is 14.5. The van der Waals surface area contributed by atoms with Gasteiger partial charge in [-0.1, -0.05) is 25.1 Å². The maximum atomic E-state index is 4.45. The predicted octanol–water partition coefficient (Wildman–Crippen LogP) is 4.34. The molecule has 2 nitrogen and oxygen atoms in total. The fraction of sp³-hybridized carbons (Fsp3) is 0.526. The highest BCUT2D eigenvalue weighted by Gasteiger charge is 2.30. The molecule has 1 N–H and O–H groups in total. The van der Waals surface area contributed by atoms with Crippen LogP contribution in [0.4, 0.5) is 0 Å². The lowest BCUT2D eigenvalue weighted by Gasteiger charge is -2.18. The van der Waals surface area contributed by atoms with Crippen LogP contribution in [0, 0.1) is 5.92 Å². The van der Waals surface area contributed by atoms with Gasteiger partial charge in [0.05, 0.1) is 5.52 Å². The van der Waals surface area contributed by atoms with Crippen molar-refractivity contribution in [2.24, 2.45) is 5.92 Å². The molecule has 1 heterocycles. The lowest BCUT2D eigenvalue weighted by atomic mass is 9.99. The molecule has 0 saturated heterocycles. The Kier molecular flexibility index (Phi) is 4.87. The molecule has 1 aromatic heterocycles. The molecule has 0 spiro atoms. The summed E-state index contributed by atoms with van der Waals surface area (Å²) in [4.78, 5) is 4.45. The first-order valence-corrected chi connectivity index (χ1v) is 8.44. The lowest BCUT2D eigenvalue weighted by molar-refractivity contribution is 0.425. The van der Waals surface area contributed by atoms with Crippen molar-refractivity contribution >= 4 is 10.9 Å². The van der Waals surface area contributed by atoms with Gasteiger partial charge in [0.2, 0.25) is 0 Å². The summed E-state index contributed by atoms with van der Waals surface area (Å²) in [5, 5.41) is 5.07. The van der Waals surface area contributed by atoms with Crippen LogP contribution in [-0.4, -0.2) is 17.6 Å². The summed E-state index contributed by atoms with van der Waals surface area (Å²) >= 11 is 0. The molecule has 1 fully saturated rings. The molecule has 1 aromatic carbocycles. The van der Waals surface area contributed by atoms with Gasteiger partial charge in [0, 0.05) is 17.6 Å². The summed E-state index contributed by atoms with van der Waals surface area (Å²) in [5.74, 6) is 0.950. The van der Waals surface area contributed by atoms with Gasteiger partial charge in [-0.05, 0) is 68.7 Å². The minimum Gasteiger partial charge on any atom is -0.314 e. The summed E-state index contributed by atoms with van der Waals surface area (Å²) < 4.78 is 0. The monoisotopic (exact) mass is 282 g/mol. The second-order valence-corrected chi connectivity index (χ2v) is 6.28. The van der Waals surface area contributed by atoms with Crippen LogP contribution in [-0.2, 0) is 6.42 Å². The summed E-state index contributed by atoms with van der Waals surface area (Å²) in [6.45, 7) is 3.42. The smallest absolute Gasteiger partial charge is 0.0704 e. The number of aryl methyl sites for hydroxylation is 1. The molecule has 1 atom stereocenters. The van der Waals surface area contributed by atoms with Gasteiger partial charge >= 0.3 is 0 Å². The summed E-state index contributed by atoms with van der Waals surface area (Å²) in [7, 11) is 0. The number of pyridine rings is 1. The van der Waals surface area contributed by atoms with E-state index in [4.69, 9.17) is 0 Å². The molecule has 1 saturated carbocycles. The zero-order valence-electron chi connectivity index (χ0n) is 13.0. The number of hydrogen-bond acceptors (Lipinski definition) is 2. The van der Waals surface area contributed by atoms with Crippen molar-refractivity contribution in [3.8, 4) is 0 Å². The second kappa shape index (κ2) is 7.04. The molecule has 0 aliphatic heterocycles. The van der Waals surface area contributed by atoms with Crippen molar-refractivity contribution < 1.29 is 0 Å². The normalized spacial score (nSPS) is 16.2. The van der Waals surface area contributed by atoms with Crippen molar-refractivity contribution in [3.05, 3.63) is 42.1 Å². The predicted molar refractivity (Wildman–Crippen MR) is 89.5 cm³/mol. The maximum absolute atomic E-state index is 4.45. The standard InChI is InChI=1S/C19H26N2/c1-2-13-20-18(16-10-11-16)9-5-6-15-12-14-21-19-8-4-3-7-17(15)19/h3-4,7-8,12,14,16,18,20H,2,5-6,9-11,13H2,1H3. The molecule has 3 rings (SSSR count). The Hall–Kier alpha value is -1.41. The van der Waals surface area contributed by atoms with E-state index in [1.165, 1.54) is 56.0 Å². The second-order valence-electron chi connectivity index (χ2n) is 6.28. The van der Waals surface area contributed by atoms with Gasteiger partial charge in [-0.25, -0.2) is 0 Å². The van der Waals surface area contributed by atoms with Crippen LogP contribution in [0.15, 0.2) is 36.5 Å². The van der Waals surface area contributed by atoms with Crippen molar-refractivity contribution in [2.45, 2.75) is 51.5 Å². The van der Waals surface area contributed by atoms with Gasteiger partial charge in [-0.15, -0.1) is 0 Å². The van der Waals surface area contributed by atoms with Crippen molar-refractivity contribution in [1.82, 2.24) is 10.3 Å². The zero-order valence-corrected chi connectivity index (χ0v) is 13.0. The summed E-state index contributed by atoms with van der Waals surface area (Å²) in [6.07, 6.45) is 9.79. The molecular formula is C19H26N2. The van der Waals surface area contributed by atoms with Crippen LogP contribution < -0.4 is 5.32 Å². The Labute approximate surface area is 128 Å². The molecule has 1 aliphatic carbocycles. The van der Waals surface area contributed by atoms with Gasteiger partial charge in [-0.2, -0.15) is 0 Å². The molecule has 112 valence electrons. The fourth-order valence-corrected chi connectivity index (χ4v) is 3.22. The number of para-hydroxylation sites is 1. The van der Waals surface area contributed by atoms with Gasteiger partial charge in [0.1, 0.15) is 0 Å². The number of rotatable bonds is 8. The van der Waals surface area contributed by atoms with Crippen LogP contribution in [0.3, 0.4) is 0 Å². The van der Waals surface area contributed by atoms with Crippen molar-refractivity contribution in [3.63, 3.8) is 0 Å². The first kappa shape index (κ1) is 14.5. The maximum Gasteiger partial charge on any atom is 0.0704 e. The van der Waals surface area contributed by atoms with Gasteiger partial charge in [-0.3, -0.25) is 4.98 Å². The van der Waals surface area contributed by atoms with E-state index in [1.54, 1.807) is 0 Å². The molecule has 0 bridgehead atoms. The molecule has 0 radical (unpaired) electrons. The highest BCUT2D eigenvalue weighted by atomic mass is 14.9. The Morgan fingerprint density at radius 1 is 1.24 bits per heavy atom. The third kappa shape index (κ3) is 3.82. The molecule has 0 amide bonds. The average Bonchev–Trinajstić information content (AvgIpc) is 3.35. The van der Waals surface area contributed by atoms with Crippen LogP contribution in [0.5, 0.6) is 0 Å². The number of nitrogens with one attached hydrogen (secondary N) is 1. The van der Waals surface area contributed by atoms with E-state index >= 15 is 0 Å². The largest absolute Gasteiger partial charge is 0.314 e. The van der Waals surface area contributed by atoms with Gasteiger partial charge in [0.25, 0.3) is 0 Å². The van der Waals surface area contributed by atoms with E-state index in [9.17, 15) is 0 Å². The summed E-state index contributed by atoms with van der Waals surface area (Å²) in [6, 6.07) is 11.4. The van der Waals surface area contributed by atoms with Crippen LogP contribution in [0.2, 0.25) is 0 Å². The molecule has 2 aromatic rings.